The van der Waals surface area contributed by atoms with Gasteiger partial charge in [-0.1, -0.05) is 0 Å². The van der Waals surface area contributed by atoms with E-state index in [4.69, 9.17) is 14.2 Å². The second-order valence-electron chi connectivity index (χ2n) is 5.43. The quantitative estimate of drug-likeness (QED) is 0.733. The van der Waals surface area contributed by atoms with E-state index < -0.39 is 23.0 Å². The highest BCUT2D eigenvalue weighted by Gasteiger charge is 2.65. The molecule has 1 spiro atoms. The fourth-order valence-corrected chi connectivity index (χ4v) is 3.36. The van der Waals surface area contributed by atoms with Crippen LogP contribution >= 0.6 is 0 Å². The second kappa shape index (κ2) is 3.75. The van der Waals surface area contributed by atoms with Gasteiger partial charge in [-0.15, -0.1) is 0 Å². The molecular weight excluding hydrogens is 254 g/mol. The van der Waals surface area contributed by atoms with Crippen LogP contribution in [-0.4, -0.2) is 25.1 Å². The zero-order valence-corrected chi connectivity index (χ0v) is 10.3. The maximum atomic E-state index is 13.9. The Bertz CT molecular complexity index is 527. The topological polar surface area (TPSA) is 31.0 Å². The lowest BCUT2D eigenvalue weighted by molar-refractivity contribution is -0.175. The highest BCUT2D eigenvalue weighted by Crippen LogP contribution is 2.59. The van der Waals surface area contributed by atoms with E-state index in [0.717, 1.165) is 12.1 Å². The molecule has 0 radical (unpaired) electrons. The number of epoxide rings is 1. The Morgan fingerprint density at radius 1 is 1.11 bits per heavy atom. The van der Waals surface area contributed by atoms with Crippen molar-refractivity contribution in [3.63, 3.8) is 0 Å². The van der Waals surface area contributed by atoms with Gasteiger partial charge in [0, 0.05) is 18.4 Å². The Balaban J connectivity index is 1.63. The summed E-state index contributed by atoms with van der Waals surface area (Å²) >= 11 is 0. The summed E-state index contributed by atoms with van der Waals surface area (Å²) in [6.07, 6.45) is 1.69. The summed E-state index contributed by atoms with van der Waals surface area (Å²) < 4.78 is 44.2. The monoisotopic (exact) mass is 268 g/mol. The Kier molecular flexibility index (Phi) is 2.32. The minimum atomic E-state index is -0.674. The minimum absolute atomic E-state index is 0.143. The van der Waals surface area contributed by atoms with Crippen molar-refractivity contribution in [2.45, 2.75) is 36.8 Å². The Hall–Kier alpha value is -1.04. The van der Waals surface area contributed by atoms with Crippen molar-refractivity contribution in [2.24, 2.45) is 0 Å². The lowest BCUT2D eigenvalue weighted by atomic mass is 9.80. The summed E-state index contributed by atoms with van der Waals surface area (Å²) in [5, 5.41) is 0. The van der Waals surface area contributed by atoms with E-state index in [0.29, 0.717) is 38.0 Å². The van der Waals surface area contributed by atoms with E-state index in [9.17, 15) is 8.78 Å². The lowest BCUT2D eigenvalue weighted by Gasteiger charge is -2.32. The van der Waals surface area contributed by atoms with Crippen LogP contribution in [0, 0.1) is 11.6 Å². The summed E-state index contributed by atoms with van der Waals surface area (Å²) in [7, 11) is 0. The first-order valence-corrected chi connectivity index (χ1v) is 6.55. The van der Waals surface area contributed by atoms with Gasteiger partial charge in [0.05, 0.1) is 19.3 Å². The predicted octanol–water partition coefficient (Wildman–Crippen LogP) is 2.49. The van der Waals surface area contributed by atoms with E-state index in [-0.39, 0.29) is 6.10 Å². The summed E-state index contributed by atoms with van der Waals surface area (Å²) in [5.41, 5.74) is -0.349. The second-order valence-corrected chi connectivity index (χ2v) is 5.43. The van der Waals surface area contributed by atoms with Crippen LogP contribution in [-0.2, 0) is 19.8 Å². The van der Waals surface area contributed by atoms with Gasteiger partial charge in [-0.25, -0.2) is 8.78 Å². The van der Waals surface area contributed by atoms with Crippen molar-refractivity contribution in [1.82, 2.24) is 0 Å². The molecule has 0 N–H and O–H groups in total. The number of hydrogen-bond donors (Lipinski definition) is 0. The van der Waals surface area contributed by atoms with Crippen molar-refractivity contribution in [2.75, 3.05) is 13.2 Å². The molecule has 1 aromatic carbocycles. The van der Waals surface area contributed by atoms with Crippen molar-refractivity contribution >= 4 is 0 Å². The molecule has 1 saturated carbocycles. The first-order valence-electron chi connectivity index (χ1n) is 6.55. The molecule has 2 heterocycles. The van der Waals surface area contributed by atoms with Crippen LogP contribution in [0.4, 0.5) is 8.78 Å². The number of fused-ring (bicyclic) bond motifs is 1. The van der Waals surface area contributed by atoms with Gasteiger partial charge in [-0.3, -0.25) is 0 Å². The third-order valence-corrected chi connectivity index (χ3v) is 4.39. The number of halogens is 2. The number of ether oxygens (including phenoxy) is 3. The maximum Gasteiger partial charge on any atom is 0.171 e. The van der Waals surface area contributed by atoms with Crippen molar-refractivity contribution in [3.05, 3.63) is 35.4 Å². The Morgan fingerprint density at radius 2 is 1.89 bits per heavy atom. The van der Waals surface area contributed by atoms with Crippen molar-refractivity contribution in [3.8, 4) is 0 Å². The summed E-state index contributed by atoms with van der Waals surface area (Å²) in [5.74, 6) is -1.41. The molecule has 2 atom stereocenters. The molecule has 3 aliphatic rings. The van der Waals surface area contributed by atoms with E-state index in [2.05, 4.69) is 0 Å². The first-order chi connectivity index (χ1) is 9.14. The Labute approximate surface area is 109 Å². The zero-order chi connectivity index (χ0) is 13.1. The minimum Gasteiger partial charge on any atom is -0.361 e. The zero-order valence-electron chi connectivity index (χ0n) is 10.3. The lowest BCUT2D eigenvalue weighted by Crippen LogP contribution is -2.39. The molecular formula is C14H14F2O3. The molecule has 2 saturated heterocycles. The van der Waals surface area contributed by atoms with Gasteiger partial charge in [-0.2, -0.15) is 0 Å². The molecule has 3 nitrogen and oxygen atoms in total. The van der Waals surface area contributed by atoms with Crippen LogP contribution < -0.4 is 0 Å². The molecule has 4 rings (SSSR count). The van der Waals surface area contributed by atoms with Crippen molar-refractivity contribution in [1.29, 1.82) is 0 Å². The SMILES string of the molecule is Fc1ccc(F)c([C@@]23CCC4(C[C@H]2O3)OCCO4)c1. The van der Waals surface area contributed by atoms with E-state index in [1.807, 2.05) is 0 Å². The number of benzene rings is 1. The van der Waals surface area contributed by atoms with Gasteiger partial charge in [-0.05, 0) is 24.6 Å². The van der Waals surface area contributed by atoms with Gasteiger partial charge in [0.2, 0.25) is 0 Å². The molecule has 5 heteroatoms. The van der Waals surface area contributed by atoms with Crippen LogP contribution in [0.25, 0.3) is 0 Å². The summed E-state index contributed by atoms with van der Waals surface area (Å²) in [4.78, 5) is 0. The van der Waals surface area contributed by atoms with Crippen LogP contribution in [0.3, 0.4) is 0 Å². The highest BCUT2D eigenvalue weighted by molar-refractivity contribution is 5.33. The summed E-state index contributed by atoms with van der Waals surface area (Å²) in [6, 6.07) is 3.52. The van der Waals surface area contributed by atoms with Gasteiger partial charge >= 0.3 is 0 Å². The molecule has 0 unspecified atom stereocenters. The fraction of sp³-hybridized carbons (Fsp3) is 0.571. The third-order valence-electron chi connectivity index (χ3n) is 4.39. The molecule has 0 aromatic heterocycles. The number of hydrogen-bond acceptors (Lipinski definition) is 3. The van der Waals surface area contributed by atoms with Crippen LogP contribution in [0.5, 0.6) is 0 Å². The number of rotatable bonds is 1. The van der Waals surface area contributed by atoms with Gasteiger partial charge < -0.3 is 14.2 Å². The molecule has 1 aliphatic carbocycles. The van der Waals surface area contributed by atoms with Crippen molar-refractivity contribution < 1.29 is 23.0 Å². The molecule has 0 amide bonds. The normalized spacial score (nSPS) is 35.4. The van der Waals surface area contributed by atoms with Crippen LogP contribution in [0.15, 0.2) is 18.2 Å². The summed E-state index contributed by atoms with van der Waals surface area (Å²) in [6.45, 7) is 1.18. The Morgan fingerprint density at radius 3 is 2.63 bits per heavy atom. The standard InChI is InChI=1S/C14H14F2O3/c15-9-1-2-11(16)10(7-9)14-4-3-13(8-12(14)19-14)17-5-6-18-13/h1-2,7,12H,3-6,8H2/t12-,14+/m1/s1. The third kappa shape index (κ3) is 1.65. The molecule has 2 aliphatic heterocycles. The van der Waals surface area contributed by atoms with Crippen LogP contribution in [0.1, 0.15) is 24.8 Å². The first kappa shape index (κ1) is 11.8. The maximum absolute atomic E-state index is 13.9. The molecule has 0 bridgehead atoms. The smallest absolute Gasteiger partial charge is 0.171 e. The fourth-order valence-electron chi connectivity index (χ4n) is 3.36. The van der Waals surface area contributed by atoms with Gasteiger partial charge in [0.25, 0.3) is 0 Å². The average Bonchev–Trinajstić information content (AvgIpc) is 2.94. The van der Waals surface area contributed by atoms with E-state index in [1.165, 1.54) is 6.07 Å². The van der Waals surface area contributed by atoms with Gasteiger partial charge in [0.15, 0.2) is 5.79 Å². The largest absolute Gasteiger partial charge is 0.361 e. The average molecular weight is 268 g/mol. The molecule has 3 fully saturated rings. The predicted molar refractivity (Wildman–Crippen MR) is 61.4 cm³/mol. The van der Waals surface area contributed by atoms with Crippen LogP contribution in [0.2, 0.25) is 0 Å². The molecule has 19 heavy (non-hydrogen) atoms. The van der Waals surface area contributed by atoms with Gasteiger partial charge in [0.1, 0.15) is 17.2 Å². The van der Waals surface area contributed by atoms with E-state index in [1.54, 1.807) is 0 Å². The highest BCUT2D eigenvalue weighted by atomic mass is 19.1. The van der Waals surface area contributed by atoms with E-state index >= 15 is 0 Å². The molecule has 102 valence electrons. The molecule has 1 aromatic rings.